The Morgan fingerprint density at radius 3 is 2.68 bits per heavy atom. The number of thioether (sulfide) groups is 1. The quantitative estimate of drug-likeness (QED) is 0.411. The van der Waals surface area contributed by atoms with E-state index >= 15 is 0 Å². The van der Waals surface area contributed by atoms with E-state index < -0.39 is 33.3 Å². The van der Waals surface area contributed by atoms with E-state index in [-0.39, 0.29) is 18.4 Å². The summed E-state index contributed by atoms with van der Waals surface area (Å²) in [6.07, 6.45) is 4.05. The van der Waals surface area contributed by atoms with Crippen molar-refractivity contribution in [2.75, 3.05) is 24.6 Å². The Balaban J connectivity index is 1.81. The number of rotatable bonds is 9. The Morgan fingerprint density at radius 1 is 1.29 bits per heavy atom. The van der Waals surface area contributed by atoms with Gasteiger partial charge in [0.25, 0.3) is 5.91 Å². The monoisotopic (exact) mass is 486 g/mol. The summed E-state index contributed by atoms with van der Waals surface area (Å²) < 4.78 is -1.33. The molecule has 2 unspecified atom stereocenters. The van der Waals surface area contributed by atoms with E-state index in [4.69, 9.17) is 0 Å². The van der Waals surface area contributed by atoms with Crippen LogP contribution in [0.5, 0.6) is 0 Å². The van der Waals surface area contributed by atoms with E-state index in [0.29, 0.717) is 38.8 Å². The summed E-state index contributed by atoms with van der Waals surface area (Å²) in [7, 11) is 0. The lowest BCUT2D eigenvalue weighted by atomic mass is 9.66. The number of hydrogen-bond donors (Lipinski definition) is 2. The lowest BCUT2D eigenvalue weighted by Crippen LogP contribution is -2.55. The van der Waals surface area contributed by atoms with Gasteiger partial charge in [0.1, 0.15) is 6.04 Å². The maximum atomic E-state index is 14.4. The van der Waals surface area contributed by atoms with Crippen molar-refractivity contribution in [3.8, 4) is 0 Å². The number of aliphatic hydroxyl groups excluding tert-OH is 1. The first-order chi connectivity index (χ1) is 16.1. The number of hydrogen-bond acceptors (Lipinski definition) is 5. The van der Waals surface area contributed by atoms with Crippen LogP contribution < -0.4 is 4.90 Å². The smallest absolute Gasteiger partial charge is 0.308 e. The highest BCUT2D eigenvalue weighted by Crippen LogP contribution is 2.71. The van der Waals surface area contributed by atoms with Gasteiger partial charge in [0.05, 0.1) is 16.6 Å². The SMILES string of the molecule is C=CCN(C(=O)C1N(CCCCO)C(=O)[C@@H]2[C@H](C(=O)O)[C@]3(C)CCC12S3)c1cc(C)ccc1C. The van der Waals surface area contributed by atoms with Crippen molar-refractivity contribution >= 4 is 35.2 Å². The largest absolute Gasteiger partial charge is 0.481 e. The highest BCUT2D eigenvalue weighted by atomic mass is 32.2. The van der Waals surface area contributed by atoms with E-state index in [0.717, 1.165) is 16.8 Å². The van der Waals surface area contributed by atoms with E-state index in [1.54, 1.807) is 27.6 Å². The number of benzene rings is 1. The molecule has 0 saturated carbocycles. The number of nitrogens with zero attached hydrogens (tertiary/aromatic N) is 2. The van der Waals surface area contributed by atoms with E-state index in [1.165, 1.54) is 0 Å². The van der Waals surface area contributed by atoms with Crippen LogP contribution in [0.1, 0.15) is 43.7 Å². The Hall–Kier alpha value is -2.32. The molecule has 0 aromatic heterocycles. The van der Waals surface area contributed by atoms with Crippen LogP contribution in [0.25, 0.3) is 0 Å². The summed E-state index contributed by atoms with van der Waals surface area (Å²) in [6, 6.07) is 5.20. The molecule has 1 aromatic rings. The first kappa shape index (κ1) is 24.8. The van der Waals surface area contributed by atoms with Crippen molar-refractivity contribution in [1.29, 1.82) is 0 Å². The molecule has 4 rings (SSSR count). The number of anilines is 1. The average molecular weight is 487 g/mol. The lowest BCUT2D eigenvalue weighted by Gasteiger charge is -2.37. The summed E-state index contributed by atoms with van der Waals surface area (Å²) in [5.74, 6) is -2.92. The summed E-state index contributed by atoms with van der Waals surface area (Å²) in [4.78, 5) is 43.8. The molecule has 0 aliphatic carbocycles. The Kier molecular flexibility index (Phi) is 6.59. The number of carboxylic acids is 1. The number of likely N-dealkylation sites (tertiary alicyclic amines) is 1. The summed E-state index contributed by atoms with van der Waals surface area (Å²) in [6.45, 7) is 10.3. The number of carboxylic acid groups (broad SMARTS) is 1. The third kappa shape index (κ3) is 3.66. The minimum atomic E-state index is -0.962. The number of aliphatic hydroxyl groups is 1. The predicted molar refractivity (Wildman–Crippen MR) is 133 cm³/mol. The molecule has 34 heavy (non-hydrogen) atoms. The van der Waals surface area contributed by atoms with Crippen molar-refractivity contribution in [1.82, 2.24) is 4.90 Å². The lowest BCUT2D eigenvalue weighted by molar-refractivity contribution is -0.150. The molecular weight excluding hydrogens is 452 g/mol. The molecule has 5 atom stereocenters. The molecule has 184 valence electrons. The second-order valence-corrected chi connectivity index (χ2v) is 12.0. The third-order valence-corrected chi connectivity index (χ3v) is 9.80. The maximum absolute atomic E-state index is 14.4. The zero-order chi connectivity index (χ0) is 24.8. The molecule has 3 aliphatic heterocycles. The number of unbranched alkanes of at least 4 members (excludes halogenated alkanes) is 1. The molecule has 3 aliphatic rings. The van der Waals surface area contributed by atoms with Crippen LogP contribution in [-0.2, 0) is 14.4 Å². The molecule has 3 saturated heterocycles. The Labute approximate surface area is 205 Å². The molecule has 7 nitrogen and oxygen atoms in total. The number of amides is 2. The van der Waals surface area contributed by atoms with Gasteiger partial charge in [-0.25, -0.2) is 0 Å². The first-order valence-electron chi connectivity index (χ1n) is 11.9. The fraction of sp³-hybridized carbons (Fsp3) is 0.577. The zero-order valence-corrected chi connectivity index (χ0v) is 20.9. The normalized spacial score (nSPS) is 31.6. The van der Waals surface area contributed by atoms with E-state index in [9.17, 15) is 24.6 Å². The molecule has 2 amide bonds. The van der Waals surface area contributed by atoms with Gasteiger partial charge in [-0.15, -0.1) is 18.3 Å². The molecular formula is C26H34N2O5S. The topological polar surface area (TPSA) is 98.2 Å². The fourth-order valence-electron chi connectivity index (χ4n) is 6.31. The number of carbonyl (C=O) groups is 3. The highest BCUT2D eigenvalue weighted by Gasteiger charge is 2.77. The Morgan fingerprint density at radius 2 is 2.03 bits per heavy atom. The molecule has 1 aromatic carbocycles. The minimum Gasteiger partial charge on any atom is -0.481 e. The first-order valence-corrected chi connectivity index (χ1v) is 12.8. The van der Waals surface area contributed by atoms with Crippen LogP contribution in [-0.4, -0.2) is 68.1 Å². The van der Waals surface area contributed by atoms with Gasteiger partial charge in [-0.2, -0.15) is 0 Å². The van der Waals surface area contributed by atoms with Crippen molar-refractivity contribution < 1.29 is 24.6 Å². The molecule has 2 N–H and O–H groups in total. The van der Waals surface area contributed by atoms with E-state index in [1.807, 2.05) is 39.0 Å². The van der Waals surface area contributed by atoms with Crippen molar-refractivity contribution in [3.63, 3.8) is 0 Å². The van der Waals surface area contributed by atoms with Crippen LogP contribution in [0.15, 0.2) is 30.9 Å². The van der Waals surface area contributed by atoms with Crippen molar-refractivity contribution in [3.05, 3.63) is 42.0 Å². The van der Waals surface area contributed by atoms with Gasteiger partial charge in [0, 0.05) is 30.1 Å². The molecule has 1 spiro atoms. The van der Waals surface area contributed by atoms with Gasteiger partial charge in [0.2, 0.25) is 5.91 Å². The highest BCUT2D eigenvalue weighted by molar-refractivity contribution is 8.02. The van der Waals surface area contributed by atoms with Crippen molar-refractivity contribution in [2.24, 2.45) is 11.8 Å². The standard InChI is InChI=1S/C26H34N2O5S/c1-5-12-27(18-15-16(2)8-9-17(18)3)23(31)21-26-11-10-25(4,34-26)20(24(32)33)19(26)22(30)28(21)13-6-7-14-29/h5,8-9,15,19-21,29H,1,6-7,10-14H2,2-4H3,(H,32,33)/t19-,20+,21?,25-,26?/m0/s1. The predicted octanol–water partition coefficient (Wildman–Crippen LogP) is 3.16. The molecule has 0 radical (unpaired) electrons. The Bertz CT molecular complexity index is 1030. The van der Waals surface area contributed by atoms with Crippen LogP contribution in [0, 0.1) is 25.7 Å². The minimum absolute atomic E-state index is 0.00482. The number of fused-ring (bicyclic) bond motifs is 1. The molecule has 8 heteroatoms. The number of aryl methyl sites for hydroxylation is 2. The van der Waals surface area contributed by atoms with Crippen LogP contribution >= 0.6 is 11.8 Å². The average Bonchev–Trinajstić information content (AvgIpc) is 3.35. The fourth-order valence-corrected chi connectivity index (χ4v) is 8.65. The van der Waals surface area contributed by atoms with Gasteiger partial charge < -0.3 is 20.0 Å². The van der Waals surface area contributed by atoms with Crippen molar-refractivity contribution in [2.45, 2.75) is 62.0 Å². The van der Waals surface area contributed by atoms with Gasteiger partial charge in [-0.05, 0) is 63.6 Å². The zero-order valence-electron chi connectivity index (χ0n) is 20.1. The summed E-state index contributed by atoms with van der Waals surface area (Å²) >= 11 is 1.54. The number of aliphatic carboxylic acids is 1. The van der Waals surface area contributed by atoms with Crippen LogP contribution in [0.3, 0.4) is 0 Å². The maximum Gasteiger partial charge on any atom is 0.308 e. The van der Waals surface area contributed by atoms with Gasteiger partial charge >= 0.3 is 5.97 Å². The van der Waals surface area contributed by atoms with Crippen LogP contribution in [0.2, 0.25) is 0 Å². The van der Waals surface area contributed by atoms with Gasteiger partial charge in [0.15, 0.2) is 0 Å². The third-order valence-electron chi connectivity index (χ3n) is 7.82. The molecule has 3 heterocycles. The number of carbonyl (C=O) groups excluding carboxylic acids is 2. The molecule has 3 fully saturated rings. The van der Waals surface area contributed by atoms with E-state index in [2.05, 4.69) is 6.58 Å². The van der Waals surface area contributed by atoms with Gasteiger partial charge in [-0.1, -0.05) is 18.2 Å². The second kappa shape index (κ2) is 9.04. The molecule has 2 bridgehead atoms. The summed E-state index contributed by atoms with van der Waals surface area (Å²) in [5.41, 5.74) is 2.76. The second-order valence-electron chi connectivity index (χ2n) is 10.1. The van der Waals surface area contributed by atoms with Crippen LogP contribution in [0.4, 0.5) is 5.69 Å². The van der Waals surface area contributed by atoms with Gasteiger partial charge in [-0.3, -0.25) is 14.4 Å². The summed E-state index contributed by atoms with van der Waals surface area (Å²) in [5, 5.41) is 19.4.